The minimum atomic E-state index is 0. The van der Waals surface area contributed by atoms with Crippen molar-refractivity contribution in [3.8, 4) is 0 Å². The molecule has 4 nitrogen and oxygen atoms in total. The maximum absolute atomic E-state index is 4.62. The first-order valence-electron chi connectivity index (χ1n) is 7.93. The predicted octanol–water partition coefficient (Wildman–Crippen LogP) is 3.09. The topological polar surface area (TPSA) is 39.7 Å². The number of benzene rings is 1. The standard InChI is InChI=1S/C17H30N4.HI/c1-5-15(3)21(4)13-12-19-17(18-6-2)20-14-16-10-8-7-9-11-16;/h7-11,15H,5-6,12-14H2,1-4H3,(H2,18,19,20);1H. The van der Waals surface area contributed by atoms with E-state index in [9.17, 15) is 0 Å². The summed E-state index contributed by atoms with van der Waals surface area (Å²) in [5.41, 5.74) is 1.23. The molecule has 0 aromatic heterocycles. The van der Waals surface area contributed by atoms with E-state index in [-0.39, 0.29) is 24.0 Å². The summed E-state index contributed by atoms with van der Waals surface area (Å²) in [6, 6.07) is 10.9. The molecule has 22 heavy (non-hydrogen) atoms. The van der Waals surface area contributed by atoms with E-state index >= 15 is 0 Å². The summed E-state index contributed by atoms with van der Waals surface area (Å²) in [6.07, 6.45) is 1.18. The van der Waals surface area contributed by atoms with E-state index in [1.807, 2.05) is 18.2 Å². The fourth-order valence-electron chi connectivity index (χ4n) is 1.98. The van der Waals surface area contributed by atoms with Crippen molar-refractivity contribution in [2.75, 3.05) is 26.7 Å². The second-order valence-corrected chi connectivity index (χ2v) is 5.35. The monoisotopic (exact) mass is 418 g/mol. The summed E-state index contributed by atoms with van der Waals surface area (Å²) in [7, 11) is 2.17. The molecule has 0 heterocycles. The Bertz CT molecular complexity index is 408. The van der Waals surface area contributed by atoms with Crippen LogP contribution in [0.2, 0.25) is 0 Å². The van der Waals surface area contributed by atoms with Crippen molar-refractivity contribution in [3.63, 3.8) is 0 Å². The molecule has 0 fully saturated rings. The second-order valence-electron chi connectivity index (χ2n) is 5.35. The molecule has 1 aromatic carbocycles. The molecule has 0 bridgehead atoms. The van der Waals surface area contributed by atoms with Gasteiger partial charge in [0.25, 0.3) is 0 Å². The predicted molar refractivity (Wildman–Crippen MR) is 107 cm³/mol. The zero-order valence-electron chi connectivity index (χ0n) is 14.3. The highest BCUT2D eigenvalue weighted by Crippen LogP contribution is 2.00. The lowest BCUT2D eigenvalue weighted by Gasteiger charge is -2.24. The average Bonchev–Trinajstić information content (AvgIpc) is 2.52. The lowest BCUT2D eigenvalue weighted by Crippen LogP contribution is -2.42. The van der Waals surface area contributed by atoms with Crippen LogP contribution in [0.15, 0.2) is 35.3 Å². The van der Waals surface area contributed by atoms with Crippen molar-refractivity contribution in [2.45, 2.75) is 39.8 Å². The number of halogens is 1. The Labute approximate surface area is 152 Å². The molecule has 0 aliphatic rings. The van der Waals surface area contributed by atoms with Gasteiger partial charge in [-0.15, -0.1) is 24.0 Å². The van der Waals surface area contributed by atoms with Crippen molar-refractivity contribution < 1.29 is 0 Å². The van der Waals surface area contributed by atoms with Crippen molar-refractivity contribution in [1.29, 1.82) is 0 Å². The smallest absolute Gasteiger partial charge is 0.191 e. The molecule has 126 valence electrons. The third kappa shape index (κ3) is 8.58. The maximum Gasteiger partial charge on any atom is 0.191 e. The molecule has 0 aliphatic heterocycles. The first-order valence-corrected chi connectivity index (χ1v) is 7.93. The van der Waals surface area contributed by atoms with Crippen molar-refractivity contribution in [1.82, 2.24) is 15.5 Å². The summed E-state index contributed by atoms with van der Waals surface area (Å²) in [6.45, 7) is 10.1. The quantitative estimate of drug-likeness (QED) is 0.387. The number of hydrogen-bond acceptors (Lipinski definition) is 2. The molecular weight excluding hydrogens is 387 g/mol. The van der Waals surface area contributed by atoms with Crippen molar-refractivity contribution >= 4 is 29.9 Å². The number of aliphatic imine (C=N–C) groups is 1. The Morgan fingerprint density at radius 1 is 1.18 bits per heavy atom. The van der Waals surface area contributed by atoms with E-state index < -0.39 is 0 Å². The Kier molecular flexibility index (Phi) is 12.2. The van der Waals surface area contributed by atoms with Gasteiger partial charge >= 0.3 is 0 Å². The molecule has 1 atom stereocenters. The summed E-state index contributed by atoms with van der Waals surface area (Å²) >= 11 is 0. The van der Waals surface area contributed by atoms with Crippen LogP contribution in [0, 0.1) is 0 Å². The summed E-state index contributed by atoms with van der Waals surface area (Å²) in [5, 5.41) is 6.69. The summed E-state index contributed by atoms with van der Waals surface area (Å²) < 4.78 is 0. The van der Waals surface area contributed by atoms with Gasteiger partial charge in [-0.1, -0.05) is 37.3 Å². The normalized spacial score (nSPS) is 12.7. The lowest BCUT2D eigenvalue weighted by molar-refractivity contribution is 0.255. The van der Waals surface area contributed by atoms with Gasteiger partial charge in [-0.2, -0.15) is 0 Å². The first kappa shape index (κ1) is 21.2. The van der Waals surface area contributed by atoms with Gasteiger partial charge in [0.2, 0.25) is 0 Å². The van der Waals surface area contributed by atoms with Crippen LogP contribution in [0.4, 0.5) is 0 Å². The van der Waals surface area contributed by atoms with Crippen LogP contribution in [0.5, 0.6) is 0 Å². The molecule has 0 spiro atoms. The minimum absolute atomic E-state index is 0. The SMILES string of the molecule is CCNC(=NCc1ccccc1)NCCN(C)C(C)CC.I. The fourth-order valence-corrected chi connectivity index (χ4v) is 1.98. The van der Waals surface area contributed by atoms with Crippen LogP contribution < -0.4 is 10.6 Å². The summed E-state index contributed by atoms with van der Waals surface area (Å²) in [5.74, 6) is 0.888. The van der Waals surface area contributed by atoms with E-state index in [4.69, 9.17) is 0 Å². The van der Waals surface area contributed by atoms with E-state index in [0.29, 0.717) is 12.6 Å². The van der Waals surface area contributed by atoms with E-state index in [0.717, 1.165) is 25.6 Å². The number of guanidine groups is 1. The lowest BCUT2D eigenvalue weighted by atomic mass is 10.2. The van der Waals surface area contributed by atoms with E-state index in [1.165, 1.54) is 12.0 Å². The molecular formula is C17H31IN4. The molecule has 1 unspecified atom stereocenters. The van der Waals surface area contributed by atoms with Crippen LogP contribution in [0.3, 0.4) is 0 Å². The zero-order chi connectivity index (χ0) is 15.5. The van der Waals surface area contributed by atoms with Gasteiger partial charge in [0.15, 0.2) is 5.96 Å². The van der Waals surface area contributed by atoms with Crippen molar-refractivity contribution in [2.24, 2.45) is 4.99 Å². The number of hydrogen-bond donors (Lipinski definition) is 2. The highest BCUT2D eigenvalue weighted by Gasteiger charge is 2.06. The van der Waals surface area contributed by atoms with Crippen LogP contribution in [-0.4, -0.2) is 43.6 Å². The van der Waals surface area contributed by atoms with Gasteiger partial charge in [-0.05, 0) is 32.9 Å². The van der Waals surface area contributed by atoms with E-state index in [2.05, 4.69) is 60.5 Å². The van der Waals surface area contributed by atoms with Crippen molar-refractivity contribution in [3.05, 3.63) is 35.9 Å². The molecule has 0 amide bonds. The first-order chi connectivity index (χ1) is 10.2. The summed E-state index contributed by atoms with van der Waals surface area (Å²) in [4.78, 5) is 6.99. The average molecular weight is 418 g/mol. The number of rotatable bonds is 8. The van der Waals surface area contributed by atoms with E-state index in [1.54, 1.807) is 0 Å². The molecule has 0 saturated heterocycles. The minimum Gasteiger partial charge on any atom is -0.357 e. The van der Waals surface area contributed by atoms with Crippen LogP contribution >= 0.6 is 24.0 Å². The maximum atomic E-state index is 4.62. The van der Waals surface area contributed by atoms with Crippen LogP contribution in [-0.2, 0) is 6.54 Å². The zero-order valence-corrected chi connectivity index (χ0v) is 16.6. The molecule has 0 saturated carbocycles. The third-order valence-electron chi connectivity index (χ3n) is 3.71. The Balaban J connectivity index is 0.00000441. The van der Waals surface area contributed by atoms with Gasteiger partial charge in [-0.25, -0.2) is 4.99 Å². The number of likely N-dealkylation sites (N-methyl/N-ethyl adjacent to an activating group) is 1. The molecule has 1 rings (SSSR count). The fraction of sp³-hybridized carbons (Fsp3) is 0.588. The van der Waals surface area contributed by atoms with Gasteiger partial charge in [0, 0.05) is 25.7 Å². The molecule has 1 aromatic rings. The highest BCUT2D eigenvalue weighted by molar-refractivity contribution is 14.0. The Morgan fingerprint density at radius 3 is 2.45 bits per heavy atom. The molecule has 0 aliphatic carbocycles. The molecule has 5 heteroatoms. The number of nitrogens with zero attached hydrogens (tertiary/aromatic N) is 2. The third-order valence-corrected chi connectivity index (χ3v) is 3.71. The second kappa shape index (κ2) is 12.7. The molecule has 0 radical (unpaired) electrons. The van der Waals surface area contributed by atoms with Crippen LogP contribution in [0.1, 0.15) is 32.8 Å². The highest BCUT2D eigenvalue weighted by atomic mass is 127. The molecule has 2 N–H and O–H groups in total. The largest absolute Gasteiger partial charge is 0.357 e. The Morgan fingerprint density at radius 2 is 1.86 bits per heavy atom. The van der Waals surface area contributed by atoms with Gasteiger partial charge in [-0.3, -0.25) is 0 Å². The van der Waals surface area contributed by atoms with Gasteiger partial charge < -0.3 is 15.5 Å². The Hall–Kier alpha value is -0.820. The van der Waals surface area contributed by atoms with Gasteiger partial charge in [0.1, 0.15) is 0 Å². The number of nitrogens with one attached hydrogen (secondary N) is 2. The van der Waals surface area contributed by atoms with Crippen LogP contribution in [0.25, 0.3) is 0 Å². The van der Waals surface area contributed by atoms with Gasteiger partial charge in [0.05, 0.1) is 6.54 Å².